The second kappa shape index (κ2) is 6.28. The van der Waals surface area contributed by atoms with Gasteiger partial charge < -0.3 is 10.5 Å². The minimum atomic E-state index is -0.489. The highest BCUT2D eigenvalue weighted by atomic mass is 35.5. The van der Waals surface area contributed by atoms with Crippen molar-refractivity contribution in [3.8, 4) is 5.75 Å². The summed E-state index contributed by atoms with van der Waals surface area (Å²) in [7, 11) is 0. The highest BCUT2D eigenvalue weighted by Gasteiger charge is 2.13. The second-order valence-corrected chi connectivity index (χ2v) is 6.33. The largest absolute Gasteiger partial charge is 0.485 e. The molecule has 4 nitrogen and oxygen atoms in total. The summed E-state index contributed by atoms with van der Waals surface area (Å²) in [5.74, 6) is -0.0299. The third kappa shape index (κ3) is 3.62. The summed E-state index contributed by atoms with van der Waals surface area (Å²) in [6.07, 6.45) is 0. The fourth-order valence-corrected chi connectivity index (χ4v) is 2.96. The molecular formula is C15H14ClNO3S. The van der Waals surface area contributed by atoms with Crippen LogP contribution >= 0.6 is 22.9 Å². The van der Waals surface area contributed by atoms with Crippen molar-refractivity contribution >= 4 is 34.6 Å². The molecular weight excluding hydrogens is 310 g/mol. The van der Waals surface area contributed by atoms with Gasteiger partial charge in [0.25, 0.3) is 0 Å². The summed E-state index contributed by atoms with van der Waals surface area (Å²) in [6, 6.07) is 6.65. The van der Waals surface area contributed by atoms with Gasteiger partial charge in [0.05, 0.1) is 9.21 Å². The van der Waals surface area contributed by atoms with E-state index in [1.807, 2.05) is 0 Å². The van der Waals surface area contributed by atoms with E-state index < -0.39 is 5.91 Å². The summed E-state index contributed by atoms with van der Waals surface area (Å²) in [5.41, 5.74) is 7.21. The Morgan fingerprint density at radius 1 is 1.24 bits per heavy atom. The molecule has 6 heteroatoms. The van der Waals surface area contributed by atoms with Gasteiger partial charge in [-0.25, -0.2) is 0 Å². The van der Waals surface area contributed by atoms with Gasteiger partial charge in [-0.05, 0) is 49.2 Å². The van der Waals surface area contributed by atoms with E-state index in [0.717, 1.165) is 11.1 Å². The van der Waals surface area contributed by atoms with E-state index in [1.165, 1.54) is 11.3 Å². The van der Waals surface area contributed by atoms with Crippen LogP contribution in [-0.4, -0.2) is 18.3 Å². The number of benzene rings is 1. The number of amides is 1. The molecule has 21 heavy (non-hydrogen) atoms. The number of hydrogen-bond donors (Lipinski definition) is 1. The minimum absolute atomic E-state index is 0.0750. The molecule has 0 spiro atoms. The fraction of sp³-hybridized carbons (Fsp3) is 0.200. The number of hydrogen-bond acceptors (Lipinski definition) is 4. The van der Waals surface area contributed by atoms with Crippen LogP contribution < -0.4 is 10.5 Å². The predicted molar refractivity (Wildman–Crippen MR) is 83.6 cm³/mol. The van der Waals surface area contributed by atoms with Gasteiger partial charge in [-0.15, -0.1) is 11.3 Å². The van der Waals surface area contributed by atoms with Gasteiger partial charge in [-0.2, -0.15) is 0 Å². The van der Waals surface area contributed by atoms with Crippen molar-refractivity contribution in [2.24, 2.45) is 5.73 Å². The summed E-state index contributed by atoms with van der Waals surface area (Å²) in [4.78, 5) is 23.7. The van der Waals surface area contributed by atoms with Crippen molar-refractivity contribution in [1.82, 2.24) is 0 Å². The van der Waals surface area contributed by atoms with E-state index in [0.29, 0.717) is 20.5 Å². The van der Waals surface area contributed by atoms with E-state index in [9.17, 15) is 9.59 Å². The molecule has 1 amide bonds. The quantitative estimate of drug-likeness (QED) is 0.857. The molecule has 0 unspecified atom stereocenters. The second-order valence-electron chi connectivity index (χ2n) is 4.62. The Balaban J connectivity index is 2.13. The molecule has 0 aliphatic rings. The maximum absolute atomic E-state index is 12.0. The molecule has 0 radical (unpaired) electrons. The molecule has 1 aromatic carbocycles. The number of aryl methyl sites for hydroxylation is 2. The summed E-state index contributed by atoms with van der Waals surface area (Å²) in [6.45, 7) is 3.54. The van der Waals surface area contributed by atoms with E-state index in [1.54, 1.807) is 38.1 Å². The molecule has 0 fully saturated rings. The summed E-state index contributed by atoms with van der Waals surface area (Å²) < 4.78 is 6.16. The average Bonchev–Trinajstić information content (AvgIpc) is 2.84. The van der Waals surface area contributed by atoms with Gasteiger partial charge in [0.2, 0.25) is 11.7 Å². The molecule has 0 aliphatic heterocycles. The Bertz CT molecular complexity index is 686. The Morgan fingerprint density at radius 3 is 2.33 bits per heavy atom. The Kier molecular flexibility index (Phi) is 4.65. The first-order valence-electron chi connectivity index (χ1n) is 6.21. The molecule has 2 N–H and O–H groups in total. The number of carbonyl (C=O) groups excluding carboxylic acids is 2. The Morgan fingerprint density at radius 2 is 1.86 bits per heavy atom. The zero-order chi connectivity index (χ0) is 15.6. The van der Waals surface area contributed by atoms with E-state index in [-0.39, 0.29) is 12.4 Å². The van der Waals surface area contributed by atoms with Gasteiger partial charge in [0.15, 0.2) is 6.61 Å². The third-order valence-electron chi connectivity index (χ3n) is 2.94. The lowest BCUT2D eigenvalue weighted by Gasteiger charge is -2.12. The molecule has 0 atom stereocenters. The molecule has 1 aromatic heterocycles. The monoisotopic (exact) mass is 323 g/mol. The molecule has 0 aliphatic carbocycles. The Labute approximate surface area is 131 Å². The van der Waals surface area contributed by atoms with Crippen LogP contribution in [0.5, 0.6) is 5.75 Å². The number of primary amides is 1. The van der Waals surface area contributed by atoms with Crippen molar-refractivity contribution in [1.29, 1.82) is 0 Å². The van der Waals surface area contributed by atoms with E-state index in [4.69, 9.17) is 22.1 Å². The lowest BCUT2D eigenvalue weighted by molar-refractivity contribution is 0.0923. The molecule has 0 saturated carbocycles. The number of ether oxygens (including phenoxy) is 1. The van der Waals surface area contributed by atoms with Crippen LogP contribution in [-0.2, 0) is 0 Å². The lowest BCUT2D eigenvalue weighted by Crippen LogP contribution is -2.14. The topological polar surface area (TPSA) is 69.4 Å². The van der Waals surface area contributed by atoms with Gasteiger partial charge in [-0.3, -0.25) is 9.59 Å². The molecule has 0 bridgehead atoms. The Hall–Kier alpha value is -1.85. The number of Topliss-reactive ketones (excluding diaryl/α,β-unsaturated/α-hetero) is 1. The molecule has 0 saturated heterocycles. The van der Waals surface area contributed by atoms with Crippen molar-refractivity contribution in [2.45, 2.75) is 13.8 Å². The number of thiophene rings is 1. The summed E-state index contributed by atoms with van der Waals surface area (Å²) in [5, 5.41) is 0. The van der Waals surface area contributed by atoms with E-state index >= 15 is 0 Å². The highest BCUT2D eigenvalue weighted by Crippen LogP contribution is 2.26. The highest BCUT2D eigenvalue weighted by molar-refractivity contribution is 7.18. The third-order valence-corrected chi connectivity index (χ3v) is 4.21. The maximum Gasteiger partial charge on any atom is 0.248 e. The van der Waals surface area contributed by atoms with Crippen LogP contribution in [0.15, 0.2) is 24.3 Å². The molecule has 1 heterocycles. The van der Waals surface area contributed by atoms with Crippen LogP contribution in [0.4, 0.5) is 0 Å². The summed E-state index contributed by atoms with van der Waals surface area (Å²) >= 11 is 7.02. The SMILES string of the molecule is Cc1cc(C(N)=O)cc(C)c1OCC(=O)c1ccc(Cl)s1. The minimum Gasteiger partial charge on any atom is -0.485 e. The van der Waals surface area contributed by atoms with Crippen LogP contribution in [0.25, 0.3) is 0 Å². The first-order valence-corrected chi connectivity index (χ1v) is 7.40. The van der Waals surface area contributed by atoms with Crippen LogP contribution in [0, 0.1) is 13.8 Å². The van der Waals surface area contributed by atoms with Gasteiger partial charge in [0.1, 0.15) is 5.75 Å². The molecule has 2 rings (SSSR count). The number of halogens is 1. The molecule has 2 aromatic rings. The van der Waals surface area contributed by atoms with Crippen LogP contribution in [0.3, 0.4) is 0 Å². The predicted octanol–water partition coefficient (Wildman–Crippen LogP) is 3.38. The van der Waals surface area contributed by atoms with Crippen molar-refractivity contribution in [3.05, 3.63) is 50.2 Å². The first-order chi connectivity index (χ1) is 9.88. The average molecular weight is 324 g/mol. The fourth-order valence-electron chi connectivity index (χ4n) is 1.99. The number of rotatable bonds is 5. The molecule has 110 valence electrons. The van der Waals surface area contributed by atoms with Gasteiger partial charge >= 0.3 is 0 Å². The van der Waals surface area contributed by atoms with Crippen LogP contribution in [0.1, 0.15) is 31.2 Å². The van der Waals surface area contributed by atoms with Crippen molar-refractivity contribution in [2.75, 3.05) is 6.61 Å². The maximum atomic E-state index is 12.0. The zero-order valence-corrected chi connectivity index (χ0v) is 13.2. The smallest absolute Gasteiger partial charge is 0.248 e. The van der Waals surface area contributed by atoms with Crippen molar-refractivity contribution in [3.63, 3.8) is 0 Å². The normalized spacial score (nSPS) is 10.4. The lowest BCUT2D eigenvalue weighted by atomic mass is 10.1. The van der Waals surface area contributed by atoms with Gasteiger partial charge in [-0.1, -0.05) is 11.6 Å². The first kappa shape index (κ1) is 15.5. The number of carbonyl (C=O) groups is 2. The van der Waals surface area contributed by atoms with Crippen LogP contribution in [0.2, 0.25) is 4.34 Å². The van der Waals surface area contributed by atoms with Gasteiger partial charge in [0, 0.05) is 5.56 Å². The van der Waals surface area contributed by atoms with Crippen molar-refractivity contribution < 1.29 is 14.3 Å². The number of ketones is 1. The zero-order valence-electron chi connectivity index (χ0n) is 11.6. The standard InChI is InChI=1S/C15H14ClNO3S/c1-8-5-10(15(17)19)6-9(2)14(8)20-7-11(18)12-3-4-13(16)21-12/h3-6H,7H2,1-2H3,(H2,17,19). The van der Waals surface area contributed by atoms with E-state index in [2.05, 4.69) is 0 Å². The number of nitrogens with two attached hydrogens (primary N) is 1.